The Labute approximate surface area is 126 Å². The summed E-state index contributed by atoms with van der Waals surface area (Å²) in [5.41, 5.74) is 0. The molecule has 1 N–H and O–H groups in total. The van der Waals surface area contributed by atoms with E-state index < -0.39 is 22.0 Å². The maximum absolute atomic E-state index is 12.5. The Bertz CT molecular complexity index is 646. The van der Waals surface area contributed by atoms with Crippen molar-refractivity contribution in [2.75, 3.05) is 13.2 Å². The van der Waals surface area contributed by atoms with E-state index in [-0.39, 0.29) is 28.3 Å². The summed E-state index contributed by atoms with van der Waals surface area (Å²) < 4.78 is 30.9. The minimum Gasteiger partial charge on any atom is -0.477 e. The minimum atomic E-state index is -3.88. The van der Waals surface area contributed by atoms with Gasteiger partial charge in [0.25, 0.3) is 10.0 Å². The quantitative estimate of drug-likeness (QED) is 0.752. The summed E-state index contributed by atoms with van der Waals surface area (Å²) in [6.07, 6.45) is 1.38. The van der Waals surface area contributed by atoms with E-state index in [2.05, 4.69) is 0 Å². The maximum atomic E-state index is 12.5. The Morgan fingerprint density at radius 3 is 2.57 bits per heavy atom. The fourth-order valence-corrected chi connectivity index (χ4v) is 4.70. The molecular weight excluding hydrogens is 318 g/mol. The van der Waals surface area contributed by atoms with Gasteiger partial charge in [-0.1, -0.05) is 0 Å². The highest BCUT2D eigenvalue weighted by Gasteiger charge is 2.40. The van der Waals surface area contributed by atoms with Crippen molar-refractivity contribution < 1.29 is 27.9 Å². The van der Waals surface area contributed by atoms with E-state index in [0.717, 1.165) is 4.31 Å². The number of carboxylic acids is 1. The molecule has 21 heavy (non-hydrogen) atoms. The van der Waals surface area contributed by atoms with Crippen LogP contribution in [0.5, 0.6) is 0 Å². The lowest BCUT2D eigenvalue weighted by atomic mass is 10.5. The average Bonchev–Trinajstić information content (AvgIpc) is 3.10. The molecule has 1 saturated carbocycles. The molecule has 0 spiro atoms. The van der Waals surface area contributed by atoms with E-state index in [1.165, 1.54) is 12.1 Å². The molecular formula is C12H15NO6S2. The molecule has 1 aliphatic carbocycles. The van der Waals surface area contributed by atoms with Crippen LogP contribution in [0.25, 0.3) is 0 Å². The van der Waals surface area contributed by atoms with Crippen LogP contribution in [0.3, 0.4) is 0 Å². The number of thiophene rings is 1. The zero-order valence-corrected chi connectivity index (χ0v) is 12.9. The monoisotopic (exact) mass is 333 g/mol. The van der Waals surface area contributed by atoms with Gasteiger partial charge in [0.2, 0.25) is 0 Å². The number of rotatable bonds is 7. The van der Waals surface area contributed by atoms with Crippen molar-refractivity contribution in [1.82, 2.24) is 4.31 Å². The maximum Gasteiger partial charge on any atom is 0.345 e. The highest BCUT2D eigenvalue weighted by atomic mass is 32.2. The number of nitrogens with zero attached hydrogens (tertiary/aromatic N) is 1. The van der Waals surface area contributed by atoms with Crippen molar-refractivity contribution in [3.8, 4) is 0 Å². The van der Waals surface area contributed by atoms with Crippen LogP contribution >= 0.6 is 11.3 Å². The van der Waals surface area contributed by atoms with Crippen molar-refractivity contribution in [3.05, 3.63) is 17.0 Å². The molecule has 0 radical (unpaired) electrons. The number of carboxylic acid groups (broad SMARTS) is 1. The Balaban J connectivity index is 2.24. The van der Waals surface area contributed by atoms with Gasteiger partial charge in [-0.15, -0.1) is 11.3 Å². The standard InChI is InChI=1S/C12H15NO6S2/c1-2-19-10(14)7-13(8-3-4-8)21(17,18)11-6-5-9(20-11)12(15)16/h5-6,8H,2-4,7H2,1H3,(H,15,16). The number of ether oxygens (including phenoxy) is 1. The second-order valence-corrected chi connectivity index (χ2v) is 7.71. The first kappa shape index (κ1) is 15.9. The molecule has 0 aliphatic heterocycles. The van der Waals surface area contributed by atoms with E-state index in [4.69, 9.17) is 9.84 Å². The second kappa shape index (κ2) is 6.12. The molecule has 0 saturated heterocycles. The average molecular weight is 333 g/mol. The van der Waals surface area contributed by atoms with E-state index in [1.54, 1.807) is 6.92 Å². The predicted molar refractivity (Wildman–Crippen MR) is 74.8 cm³/mol. The van der Waals surface area contributed by atoms with Crippen LogP contribution in [0.2, 0.25) is 0 Å². The SMILES string of the molecule is CCOC(=O)CN(C1CC1)S(=O)(=O)c1ccc(C(=O)O)s1. The lowest BCUT2D eigenvalue weighted by Crippen LogP contribution is -2.37. The van der Waals surface area contributed by atoms with Gasteiger partial charge in [0.15, 0.2) is 0 Å². The zero-order chi connectivity index (χ0) is 15.6. The molecule has 1 aromatic heterocycles. The number of hydrogen-bond donors (Lipinski definition) is 1. The fraction of sp³-hybridized carbons (Fsp3) is 0.500. The summed E-state index contributed by atoms with van der Waals surface area (Å²) in [4.78, 5) is 22.4. The third kappa shape index (κ3) is 3.60. The van der Waals surface area contributed by atoms with Gasteiger partial charge in [-0.05, 0) is 31.9 Å². The summed E-state index contributed by atoms with van der Waals surface area (Å²) in [6.45, 7) is 1.48. The summed E-state index contributed by atoms with van der Waals surface area (Å²) in [7, 11) is -3.88. The molecule has 7 nitrogen and oxygen atoms in total. The fourth-order valence-electron chi connectivity index (χ4n) is 1.80. The Kier molecular flexibility index (Phi) is 4.64. The first-order valence-corrected chi connectivity index (χ1v) is 8.62. The molecule has 1 heterocycles. The molecule has 0 amide bonds. The highest BCUT2D eigenvalue weighted by molar-refractivity contribution is 7.91. The largest absolute Gasteiger partial charge is 0.477 e. The van der Waals surface area contributed by atoms with Crippen molar-refractivity contribution in [1.29, 1.82) is 0 Å². The summed E-state index contributed by atoms with van der Waals surface area (Å²) in [5.74, 6) is -1.78. The normalized spacial score (nSPS) is 15.1. The molecule has 1 fully saturated rings. The molecule has 0 unspecified atom stereocenters. The Morgan fingerprint density at radius 1 is 1.43 bits per heavy atom. The van der Waals surface area contributed by atoms with E-state index in [0.29, 0.717) is 24.2 Å². The van der Waals surface area contributed by atoms with Crippen LogP contribution in [-0.2, 0) is 19.6 Å². The van der Waals surface area contributed by atoms with Crippen LogP contribution in [-0.4, -0.2) is 49.0 Å². The van der Waals surface area contributed by atoms with Gasteiger partial charge in [-0.25, -0.2) is 13.2 Å². The number of sulfonamides is 1. The molecule has 0 aromatic carbocycles. The van der Waals surface area contributed by atoms with E-state index in [1.807, 2.05) is 0 Å². The number of esters is 1. The number of aromatic carboxylic acids is 1. The third-order valence-electron chi connectivity index (χ3n) is 2.90. The molecule has 116 valence electrons. The topological polar surface area (TPSA) is 101 Å². The van der Waals surface area contributed by atoms with Gasteiger partial charge in [0.1, 0.15) is 15.6 Å². The second-order valence-electron chi connectivity index (χ2n) is 4.51. The zero-order valence-electron chi connectivity index (χ0n) is 11.3. The molecule has 1 aliphatic rings. The van der Waals surface area contributed by atoms with Gasteiger partial charge >= 0.3 is 11.9 Å². The van der Waals surface area contributed by atoms with E-state index >= 15 is 0 Å². The minimum absolute atomic E-state index is 0.0551. The van der Waals surface area contributed by atoms with Crippen LogP contribution in [0.15, 0.2) is 16.3 Å². The predicted octanol–water partition coefficient (Wildman–Crippen LogP) is 1.16. The van der Waals surface area contributed by atoms with Crippen molar-refractivity contribution >= 4 is 33.3 Å². The van der Waals surface area contributed by atoms with Crippen LogP contribution in [0.4, 0.5) is 0 Å². The van der Waals surface area contributed by atoms with Gasteiger partial charge in [-0.2, -0.15) is 4.31 Å². The summed E-state index contributed by atoms with van der Waals surface area (Å²) in [6, 6.07) is 2.29. The third-order valence-corrected chi connectivity index (χ3v) is 6.34. The first-order chi connectivity index (χ1) is 9.86. The van der Waals surface area contributed by atoms with Crippen LogP contribution in [0.1, 0.15) is 29.4 Å². The van der Waals surface area contributed by atoms with E-state index in [9.17, 15) is 18.0 Å². The molecule has 1 aromatic rings. The van der Waals surface area contributed by atoms with Gasteiger partial charge in [0, 0.05) is 6.04 Å². The van der Waals surface area contributed by atoms with Crippen molar-refractivity contribution in [2.45, 2.75) is 30.0 Å². The highest BCUT2D eigenvalue weighted by Crippen LogP contribution is 2.34. The molecule has 9 heteroatoms. The van der Waals surface area contributed by atoms with Gasteiger partial charge in [0.05, 0.1) is 6.61 Å². The molecule has 0 atom stereocenters. The number of hydrogen-bond acceptors (Lipinski definition) is 6. The van der Waals surface area contributed by atoms with Crippen LogP contribution in [0, 0.1) is 0 Å². The Hall–Kier alpha value is -1.45. The lowest BCUT2D eigenvalue weighted by Gasteiger charge is -2.19. The summed E-state index contributed by atoms with van der Waals surface area (Å²) in [5, 5.41) is 8.87. The van der Waals surface area contributed by atoms with Crippen molar-refractivity contribution in [2.24, 2.45) is 0 Å². The van der Waals surface area contributed by atoms with Gasteiger partial charge < -0.3 is 9.84 Å². The van der Waals surface area contributed by atoms with Crippen LogP contribution < -0.4 is 0 Å². The Morgan fingerprint density at radius 2 is 2.10 bits per heavy atom. The van der Waals surface area contributed by atoms with Gasteiger partial charge in [-0.3, -0.25) is 4.79 Å². The van der Waals surface area contributed by atoms with Crippen molar-refractivity contribution in [3.63, 3.8) is 0 Å². The lowest BCUT2D eigenvalue weighted by molar-refractivity contribution is -0.143. The molecule has 2 rings (SSSR count). The smallest absolute Gasteiger partial charge is 0.345 e. The number of carbonyl (C=O) groups is 2. The number of carbonyl (C=O) groups excluding carboxylic acids is 1. The first-order valence-electron chi connectivity index (χ1n) is 6.37. The summed E-state index contributed by atoms with van der Waals surface area (Å²) >= 11 is 0.681. The molecule has 0 bridgehead atoms.